The molecule has 5 aliphatic carbocycles. The van der Waals surface area contributed by atoms with Crippen molar-refractivity contribution in [3.05, 3.63) is 0 Å². The molecule has 5 fully saturated rings. The van der Waals surface area contributed by atoms with Gasteiger partial charge < -0.3 is 4.90 Å². The lowest BCUT2D eigenvalue weighted by molar-refractivity contribution is -0.148. The predicted octanol–water partition coefficient (Wildman–Crippen LogP) is 3.69. The number of hydrogen-bond acceptors (Lipinski definition) is 1. The van der Waals surface area contributed by atoms with Crippen LogP contribution in [0.15, 0.2) is 0 Å². The van der Waals surface area contributed by atoms with Crippen LogP contribution >= 0.6 is 15.9 Å². The molecule has 4 bridgehead atoms. The van der Waals surface area contributed by atoms with E-state index in [9.17, 15) is 4.79 Å². The van der Waals surface area contributed by atoms with Gasteiger partial charge in [0.25, 0.3) is 0 Å². The van der Waals surface area contributed by atoms with Crippen molar-refractivity contribution in [2.24, 2.45) is 35.5 Å². The number of halogens is 1. The van der Waals surface area contributed by atoms with Crippen LogP contribution < -0.4 is 0 Å². The molecule has 0 spiro atoms. The van der Waals surface area contributed by atoms with E-state index in [0.29, 0.717) is 16.7 Å². The lowest BCUT2D eigenvalue weighted by atomic mass is 9.51. The third kappa shape index (κ3) is 2.24. The van der Waals surface area contributed by atoms with Crippen molar-refractivity contribution >= 4 is 21.8 Å². The smallest absolute Gasteiger partial charge is 0.225 e. The summed E-state index contributed by atoms with van der Waals surface area (Å²) in [4.78, 5) is 15.7. The van der Waals surface area contributed by atoms with Gasteiger partial charge in [0.2, 0.25) is 5.91 Å². The molecule has 0 N–H and O–H groups in total. The van der Waals surface area contributed by atoms with E-state index in [1.165, 1.54) is 44.9 Å². The number of rotatable bonds is 3. The van der Waals surface area contributed by atoms with Gasteiger partial charge in [-0.2, -0.15) is 0 Å². The molecule has 1 amide bonds. The van der Waals surface area contributed by atoms with Crippen molar-refractivity contribution in [3.63, 3.8) is 0 Å². The quantitative estimate of drug-likeness (QED) is 0.718. The number of carbonyl (C=O) groups excluding carboxylic acids is 1. The van der Waals surface area contributed by atoms with Crippen molar-refractivity contribution in [1.82, 2.24) is 4.90 Å². The Morgan fingerprint density at radius 3 is 2.05 bits per heavy atom. The monoisotopic (exact) mass is 339 g/mol. The Morgan fingerprint density at radius 2 is 1.55 bits per heavy atom. The lowest BCUT2D eigenvalue weighted by Gasteiger charge is -2.54. The Kier molecular flexibility index (Phi) is 3.40. The van der Waals surface area contributed by atoms with Crippen LogP contribution in [0.1, 0.15) is 44.9 Å². The van der Waals surface area contributed by atoms with E-state index in [1.54, 1.807) is 0 Å². The Labute approximate surface area is 130 Å². The first-order chi connectivity index (χ1) is 9.60. The highest BCUT2D eigenvalue weighted by Crippen LogP contribution is 2.56. The molecule has 2 nitrogen and oxygen atoms in total. The van der Waals surface area contributed by atoms with Gasteiger partial charge in [-0.25, -0.2) is 0 Å². The number of amides is 1. The minimum atomic E-state index is 0.382. The van der Waals surface area contributed by atoms with Crippen molar-refractivity contribution in [2.45, 2.75) is 49.8 Å². The van der Waals surface area contributed by atoms with E-state index in [-0.39, 0.29) is 0 Å². The largest absolute Gasteiger partial charge is 0.345 e. The normalized spacial score (nSPS) is 49.0. The maximum absolute atomic E-state index is 12.9. The first-order valence-corrected chi connectivity index (χ1v) is 9.40. The molecule has 0 aliphatic heterocycles. The summed E-state index contributed by atoms with van der Waals surface area (Å²) in [6.07, 6.45) is 9.37. The van der Waals surface area contributed by atoms with Crippen LogP contribution in [-0.4, -0.2) is 29.2 Å². The zero-order valence-corrected chi connectivity index (χ0v) is 14.0. The second-order valence-corrected chi connectivity index (χ2v) is 9.40. The molecule has 5 rings (SSSR count). The Hall–Kier alpha value is -0.0500. The minimum absolute atomic E-state index is 0.382. The van der Waals surface area contributed by atoms with Crippen LogP contribution in [0.4, 0.5) is 0 Å². The zero-order chi connectivity index (χ0) is 13.9. The molecule has 112 valence electrons. The molecule has 0 aromatic rings. The standard InChI is InChI=1S/C17H26BrNO/c1-19(9-12-7-15(18)8-12)17(20)16-13-3-10-2-11(5-13)6-14(16)4-10/h10-16H,2-9H2,1H3. The summed E-state index contributed by atoms with van der Waals surface area (Å²) < 4.78 is 0. The number of hydrogen-bond donors (Lipinski definition) is 0. The fourth-order valence-electron chi connectivity index (χ4n) is 5.86. The molecule has 0 aromatic heterocycles. The van der Waals surface area contributed by atoms with Crippen LogP contribution in [0, 0.1) is 35.5 Å². The molecule has 0 atom stereocenters. The summed E-state index contributed by atoms with van der Waals surface area (Å²) in [5.74, 6) is 4.99. The third-order valence-electron chi connectivity index (χ3n) is 6.60. The molecular weight excluding hydrogens is 314 g/mol. The van der Waals surface area contributed by atoms with Crippen molar-refractivity contribution in [1.29, 1.82) is 0 Å². The second kappa shape index (κ2) is 5.00. The predicted molar refractivity (Wildman–Crippen MR) is 83.6 cm³/mol. The second-order valence-electron chi connectivity index (χ2n) is 8.11. The van der Waals surface area contributed by atoms with Crippen LogP contribution in [0.2, 0.25) is 0 Å². The zero-order valence-electron chi connectivity index (χ0n) is 12.4. The molecular formula is C17H26BrNO. The molecule has 0 aromatic carbocycles. The Bertz CT molecular complexity index is 376. The van der Waals surface area contributed by atoms with Gasteiger partial charge in [0, 0.05) is 24.3 Å². The summed E-state index contributed by atoms with van der Waals surface area (Å²) in [5.41, 5.74) is 0. The van der Waals surface area contributed by atoms with Crippen LogP contribution in [0.3, 0.4) is 0 Å². The summed E-state index contributed by atoms with van der Waals surface area (Å²) in [7, 11) is 2.05. The van der Waals surface area contributed by atoms with E-state index >= 15 is 0 Å². The summed E-state index contributed by atoms with van der Waals surface area (Å²) in [6, 6.07) is 0. The molecule has 3 heteroatoms. The number of nitrogens with zero attached hydrogens (tertiary/aromatic N) is 1. The molecule has 0 unspecified atom stereocenters. The van der Waals surface area contributed by atoms with Gasteiger partial charge >= 0.3 is 0 Å². The Balaban J connectivity index is 1.40. The number of carbonyl (C=O) groups is 1. The van der Waals surface area contributed by atoms with Crippen LogP contribution in [-0.2, 0) is 4.79 Å². The van der Waals surface area contributed by atoms with Gasteiger partial charge in [-0.15, -0.1) is 0 Å². The highest BCUT2D eigenvalue weighted by molar-refractivity contribution is 9.09. The summed E-state index contributed by atoms with van der Waals surface area (Å²) in [6.45, 7) is 0.990. The maximum Gasteiger partial charge on any atom is 0.225 e. The van der Waals surface area contributed by atoms with Gasteiger partial charge in [-0.05, 0) is 74.5 Å². The van der Waals surface area contributed by atoms with Crippen molar-refractivity contribution in [3.8, 4) is 0 Å². The van der Waals surface area contributed by atoms with Crippen molar-refractivity contribution in [2.75, 3.05) is 13.6 Å². The molecule has 0 saturated heterocycles. The van der Waals surface area contributed by atoms with E-state index in [4.69, 9.17) is 0 Å². The molecule has 5 aliphatic rings. The fraction of sp³-hybridized carbons (Fsp3) is 0.941. The van der Waals surface area contributed by atoms with E-state index in [1.807, 2.05) is 0 Å². The van der Waals surface area contributed by atoms with Crippen LogP contribution in [0.5, 0.6) is 0 Å². The fourth-order valence-corrected chi connectivity index (χ4v) is 6.92. The topological polar surface area (TPSA) is 20.3 Å². The van der Waals surface area contributed by atoms with Gasteiger partial charge in [0.15, 0.2) is 0 Å². The minimum Gasteiger partial charge on any atom is -0.345 e. The Morgan fingerprint density at radius 1 is 1.00 bits per heavy atom. The summed E-state index contributed by atoms with van der Waals surface area (Å²) in [5, 5.41) is 0. The average Bonchev–Trinajstić information content (AvgIpc) is 2.35. The lowest BCUT2D eigenvalue weighted by Crippen LogP contribution is -2.52. The number of alkyl halides is 1. The maximum atomic E-state index is 12.9. The average molecular weight is 340 g/mol. The highest BCUT2D eigenvalue weighted by Gasteiger charge is 2.51. The van der Waals surface area contributed by atoms with E-state index in [0.717, 1.165) is 36.1 Å². The third-order valence-corrected chi connectivity index (χ3v) is 7.35. The molecule has 0 heterocycles. The molecule has 0 radical (unpaired) electrons. The van der Waals surface area contributed by atoms with Gasteiger partial charge in [0.1, 0.15) is 0 Å². The van der Waals surface area contributed by atoms with E-state index in [2.05, 4.69) is 27.9 Å². The van der Waals surface area contributed by atoms with E-state index < -0.39 is 0 Å². The van der Waals surface area contributed by atoms with Gasteiger partial charge in [-0.1, -0.05) is 15.9 Å². The molecule has 5 saturated carbocycles. The SMILES string of the molecule is CN(CC1CC(Br)C1)C(=O)C1C2CC3CC(C2)CC1C3. The van der Waals surface area contributed by atoms with Gasteiger partial charge in [0.05, 0.1) is 0 Å². The first kappa shape index (κ1) is 13.6. The van der Waals surface area contributed by atoms with Crippen molar-refractivity contribution < 1.29 is 4.79 Å². The highest BCUT2D eigenvalue weighted by atomic mass is 79.9. The van der Waals surface area contributed by atoms with Gasteiger partial charge in [-0.3, -0.25) is 4.79 Å². The summed E-state index contributed by atoms with van der Waals surface area (Å²) >= 11 is 3.65. The molecule has 20 heavy (non-hydrogen) atoms. The van der Waals surface area contributed by atoms with Crippen LogP contribution in [0.25, 0.3) is 0 Å². The first-order valence-electron chi connectivity index (χ1n) is 8.49.